The SMILES string of the molecule is CCc1ccc(C)c(C2C=c3c(C(C)=NC(=N)/C=C\NC4CCOCC4)c(O)[nH]c3=CC2CC)c1. The Morgan fingerprint density at radius 2 is 2.03 bits per heavy atom. The second-order valence-electron chi connectivity index (χ2n) is 9.62. The summed E-state index contributed by atoms with van der Waals surface area (Å²) in [5.41, 5.74) is 5.27. The van der Waals surface area contributed by atoms with Crippen molar-refractivity contribution in [3.63, 3.8) is 0 Å². The third-order valence-corrected chi connectivity index (χ3v) is 7.26. The van der Waals surface area contributed by atoms with Crippen molar-refractivity contribution in [2.75, 3.05) is 13.2 Å². The van der Waals surface area contributed by atoms with E-state index in [1.54, 1.807) is 12.3 Å². The maximum absolute atomic E-state index is 10.8. The third-order valence-electron chi connectivity index (χ3n) is 7.26. The van der Waals surface area contributed by atoms with Crippen LogP contribution in [0.2, 0.25) is 0 Å². The van der Waals surface area contributed by atoms with Crippen LogP contribution in [0.1, 0.15) is 68.2 Å². The molecule has 4 rings (SSSR count). The van der Waals surface area contributed by atoms with E-state index in [9.17, 15) is 5.11 Å². The number of aryl methyl sites for hydroxylation is 2. The van der Waals surface area contributed by atoms with E-state index < -0.39 is 0 Å². The number of hydrogen-bond donors (Lipinski definition) is 4. The van der Waals surface area contributed by atoms with Crippen molar-refractivity contribution in [3.8, 4) is 5.88 Å². The minimum atomic E-state index is 0.107. The van der Waals surface area contributed by atoms with Gasteiger partial charge < -0.3 is 20.1 Å². The lowest BCUT2D eigenvalue weighted by Crippen LogP contribution is -2.34. The summed E-state index contributed by atoms with van der Waals surface area (Å²) in [5, 5.41) is 24.3. The highest BCUT2D eigenvalue weighted by Gasteiger charge is 2.25. The van der Waals surface area contributed by atoms with Gasteiger partial charge in [0, 0.05) is 41.9 Å². The first-order valence-corrected chi connectivity index (χ1v) is 12.8. The Balaban J connectivity index is 1.64. The fourth-order valence-corrected chi connectivity index (χ4v) is 5.17. The van der Waals surface area contributed by atoms with Gasteiger partial charge in [0.15, 0.2) is 5.88 Å². The molecular formula is C29H38N4O2. The van der Waals surface area contributed by atoms with E-state index in [0.717, 1.165) is 49.5 Å². The van der Waals surface area contributed by atoms with E-state index in [2.05, 4.69) is 66.4 Å². The molecule has 186 valence electrons. The lowest BCUT2D eigenvalue weighted by atomic mass is 9.78. The third kappa shape index (κ3) is 5.59. The van der Waals surface area contributed by atoms with Crippen LogP contribution < -0.4 is 15.9 Å². The zero-order valence-corrected chi connectivity index (χ0v) is 21.3. The Labute approximate surface area is 208 Å². The Bertz CT molecular complexity index is 1250. The maximum atomic E-state index is 10.8. The molecule has 0 radical (unpaired) electrons. The molecule has 35 heavy (non-hydrogen) atoms. The Morgan fingerprint density at radius 3 is 2.74 bits per heavy atom. The maximum Gasteiger partial charge on any atom is 0.198 e. The molecule has 2 atom stereocenters. The summed E-state index contributed by atoms with van der Waals surface area (Å²) in [6.45, 7) is 9.97. The first kappa shape index (κ1) is 25.0. The number of H-pyrrole nitrogens is 1. The number of nitrogens with zero attached hydrogens (tertiary/aromatic N) is 1. The number of fused-ring (bicyclic) bond motifs is 1. The van der Waals surface area contributed by atoms with Crippen LogP contribution in [0.4, 0.5) is 0 Å². The number of ether oxygens (including phenoxy) is 1. The molecule has 6 heteroatoms. The molecule has 4 N–H and O–H groups in total. The average molecular weight is 475 g/mol. The zero-order chi connectivity index (χ0) is 24.9. The van der Waals surface area contributed by atoms with E-state index in [1.165, 1.54) is 16.7 Å². The molecule has 6 nitrogen and oxygen atoms in total. The highest BCUT2D eigenvalue weighted by molar-refractivity contribution is 6.09. The monoisotopic (exact) mass is 474 g/mol. The second kappa shape index (κ2) is 11.1. The van der Waals surface area contributed by atoms with Crippen LogP contribution in [0.5, 0.6) is 5.88 Å². The summed E-state index contributed by atoms with van der Waals surface area (Å²) in [6.07, 6.45) is 11.9. The van der Waals surface area contributed by atoms with Gasteiger partial charge in [-0.3, -0.25) is 5.41 Å². The quantitative estimate of drug-likeness (QED) is 0.360. The van der Waals surface area contributed by atoms with Gasteiger partial charge in [-0.05, 0) is 68.2 Å². The average Bonchev–Trinajstić information content (AvgIpc) is 3.18. The number of aromatic amines is 1. The van der Waals surface area contributed by atoms with Crippen LogP contribution in [-0.2, 0) is 11.2 Å². The number of rotatable bonds is 7. The van der Waals surface area contributed by atoms with Gasteiger partial charge in [-0.1, -0.05) is 44.2 Å². The van der Waals surface area contributed by atoms with Crippen LogP contribution >= 0.6 is 0 Å². The summed E-state index contributed by atoms with van der Waals surface area (Å²) in [6, 6.07) is 7.13. The van der Waals surface area contributed by atoms with Gasteiger partial charge in [0.25, 0.3) is 0 Å². The lowest BCUT2D eigenvalue weighted by Gasteiger charge is -2.25. The fraction of sp³-hybridized carbons (Fsp3) is 0.448. The molecule has 2 heterocycles. The first-order valence-electron chi connectivity index (χ1n) is 12.8. The lowest BCUT2D eigenvalue weighted by molar-refractivity contribution is 0.0812. The van der Waals surface area contributed by atoms with E-state index in [0.29, 0.717) is 23.2 Å². The Kier molecular flexibility index (Phi) is 7.91. The van der Waals surface area contributed by atoms with Crippen molar-refractivity contribution >= 4 is 23.7 Å². The van der Waals surface area contributed by atoms with Crippen molar-refractivity contribution in [2.45, 2.75) is 65.3 Å². The van der Waals surface area contributed by atoms with Gasteiger partial charge >= 0.3 is 0 Å². The molecular weight excluding hydrogens is 436 g/mol. The van der Waals surface area contributed by atoms with Crippen LogP contribution in [-0.4, -0.2) is 40.9 Å². The minimum Gasteiger partial charge on any atom is -0.494 e. The summed E-state index contributed by atoms with van der Waals surface area (Å²) in [7, 11) is 0. The van der Waals surface area contributed by atoms with Crippen LogP contribution in [0, 0.1) is 18.3 Å². The van der Waals surface area contributed by atoms with E-state index in [1.807, 2.05) is 6.92 Å². The van der Waals surface area contributed by atoms with Crippen LogP contribution in [0.3, 0.4) is 0 Å². The van der Waals surface area contributed by atoms with E-state index in [4.69, 9.17) is 10.1 Å². The number of benzene rings is 1. The molecule has 2 aliphatic rings. The molecule has 2 aromatic rings. The summed E-state index contributed by atoms with van der Waals surface area (Å²) in [4.78, 5) is 7.64. The predicted octanol–water partition coefficient (Wildman–Crippen LogP) is 4.04. The summed E-state index contributed by atoms with van der Waals surface area (Å²) >= 11 is 0. The molecule has 0 spiro atoms. The standard InChI is InChI=1S/C29H38N4O2/c1-5-20-8-7-18(3)23(15-20)24-17-25-26(16-21(24)6-2)33-29(34)28(25)19(4)32-27(30)9-12-31-22-10-13-35-14-11-22/h7-9,12,15-17,21-22,24,30-31,33-34H,5-6,10-11,13-14H2,1-4H3/b12-9-,30-27?,32-19?. The first-order chi connectivity index (χ1) is 16.9. The predicted molar refractivity (Wildman–Crippen MR) is 144 cm³/mol. The number of nitrogens with one attached hydrogen (secondary N) is 3. The van der Waals surface area contributed by atoms with Crippen molar-refractivity contribution in [3.05, 3.63) is 63.3 Å². The summed E-state index contributed by atoms with van der Waals surface area (Å²) < 4.78 is 5.38. The Morgan fingerprint density at radius 1 is 1.26 bits per heavy atom. The fourth-order valence-electron chi connectivity index (χ4n) is 5.17. The van der Waals surface area contributed by atoms with Gasteiger partial charge in [0.1, 0.15) is 5.84 Å². The molecule has 1 fully saturated rings. The van der Waals surface area contributed by atoms with Gasteiger partial charge in [0.05, 0.1) is 11.3 Å². The van der Waals surface area contributed by atoms with E-state index in [-0.39, 0.29) is 17.6 Å². The molecule has 0 saturated carbocycles. The van der Waals surface area contributed by atoms with Crippen LogP contribution in [0.15, 0.2) is 35.5 Å². The van der Waals surface area contributed by atoms with Crippen molar-refractivity contribution < 1.29 is 9.84 Å². The van der Waals surface area contributed by atoms with Crippen molar-refractivity contribution in [2.24, 2.45) is 10.9 Å². The normalized spacial score (nSPS) is 20.9. The number of aromatic nitrogens is 1. The second-order valence-corrected chi connectivity index (χ2v) is 9.62. The van der Waals surface area contributed by atoms with Crippen LogP contribution in [0.25, 0.3) is 12.2 Å². The number of hydrogen-bond acceptors (Lipinski definition) is 4. The number of aliphatic imine (C=N–C) groups is 1. The van der Waals surface area contributed by atoms with Crippen molar-refractivity contribution in [1.29, 1.82) is 5.41 Å². The zero-order valence-electron chi connectivity index (χ0n) is 21.3. The van der Waals surface area contributed by atoms with Gasteiger partial charge in [-0.25, -0.2) is 4.99 Å². The minimum absolute atomic E-state index is 0.107. The molecule has 0 bridgehead atoms. The number of amidine groups is 1. The smallest absolute Gasteiger partial charge is 0.198 e. The van der Waals surface area contributed by atoms with E-state index >= 15 is 0 Å². The molecule has 1 aromatic heterocycles. The molecule has 0 amide bonds. The van der Waals surface area contributed by atoms with Crippen molar-refractivity contribution in [1.82, 2.24) is 10.3 Å². The largest absolute Gasteiger partial charge is 0.494 e. The topological polar surface area (TPSA) is 93.5 Å². The molecule has 1 aliphatic heterocycles. The molecule has 1 saturated heterocycles. The summed E-state index contributed by atoms with van der Waals surface area (Å²) in [5.74, 6) is 0.818. The number of aromatic hydroxyl groups is 1. The van der Waals surface area contributed by atoms with Gasteiger partial charge in [-0.2, -0.15) is 0 Å². The molecule has 1 aromatic carbocycles. The molecule has 1 aliphatic carbocycles. The highest BCUT2D eigenvalue weighted by Crippen LogP contribution is 2.34. The van der Waals surface area contributed by atoms with Gasteiger partial charge in [-0.15, -0.1) is 0 Å². The van der Waals surface area contributed by atoms with Gasteiger partial charge in [0.2, 0.25) is 0 Å². The Hall–Kier alpha value is -3.12. The molecule has 2 unspecified atom stereocenters. The highest BCUT2D eigenvalue weighted by atomic mass is 16.5.